The number of fused-ring (bicyclic) bond motifs is 3. The van der Waals surface area contributed by atoms with Gasteiger partial charge < -0.3 is 47.7 Å². The average molecular weight is 836 g/mol. The molecule has 3 aromatic carbocycles. The van der Waals surface area contributed by atoms with Crippen LogP contribution in [0.15, 0.2) is 79.0 Å². The van der Waals surface area contributed by atoms with Gasteiger partial charge in [0.1, 0.15) is 18.1 Å². The van der Waals surface area contributed by atoms with Gasteiger partial charge in [0.05, 0.1) is 7.11 Å². The van der Waals surface area contributed by atoms with E-state index in [9.17, 15) is 33.6 Å². The summed E-state index contributed by atoms with van der Waals surface area (Å²) >= 11 is 0. The Morgan fingerprint density at radius 2 is 1.31 bits per heavy atom. The van der Waals surface area contributed by atoms with Gasteiger partial charge in [0.25, 0.3) is 17.7 Å². The van der Waals surface area contributed by atoms with Crippen molar-refractivity contribution >= 4 is 58.5 Å². The fourth-order valence-electron chi connectivity index (χ4n) is 7.77. The summed E-state index contributed by atoms with van der Waals surface area (Å²) in [6.45, 7) is 10.4. The van der Waals surface area contributed by atoms with Crippen LogP contribution in [-0.2, 0) is 43.5 Å². The summed E-state index contributed by atoms with van der Waals surface area (Å²) in [6.07, 6.45) is 2.62. The number of hydrogen-bond donors (Lipinski definition) is 6. The molecule has 0 bridgehead atoms. The van der Waals surface area contributed by atoms with Crippen molar-refractivity contribution < 1.29 is 38.3 Å². The molecule has 4 aliphatic heterocycles. The fraction of sp³-hybridized carbons (Fsp3) is 0.341. The quantitative estimate of drug-likeness (QED) is 0.0666. The highest BCUT2D eigenvalue weighted by molar-refractivity contribution is 6.06. The molecule has 322 valence electrons. The van der Waals surface area contributed by atoms with E-state index in [0.29, 0.717) is 85.5 Å². The highest BCUT2D eigenvalue weighted by atomic mass is 16.5. The number of nitrogens with one attached hydrogen (secondary N) is 2. The van der Waals surface area contributed by atoms with Crippen molar-refractivity contribution in [3.63, 3.8) is 0 Å². The first-order chi connectivity index (χ1) is 29.0. The summed E-state index contributed by atoms with van der Waals surface area (Å²) in [5.41, 5.74) is 30.4. The van der Waals surface area contributed by atoms with E-state index in [0.717, 1.165) is 28.0 Å². The summed E-state index contributed by atoms with van der Waals surface area (Å²) in [5.74, 6) is -2.15. The number of amides is 6. The van der Waals surface area contributed by atoms with E-state index in [-0.39, 0.29) is 36.0 Å². The van der Waals surface area contributed by atoms with Gasteiger partial charge in [-0.1, -0.05) is 30.4 Å². The summed E-state index contributed by atoms with van der Waals surface area (Å²) in [5, 5.41) is 5.35. The van der Waals surface area contributed by atoms with Gasteiger partial charge >= 0.3 is 5.97 Å². The first kappa shape index (κ1) is 44.9. The number of carbonyl (C=O) groups excluding carboxylic acids is 7. The van der Waals surface area contributed by atoms with Crippen molar-refractivity contribution in [2.45, 2.75) is 83.2 Å². The fourth-order valence-corrected chi connectivity index (χ4v) is 7.77. The van der Waals surface area contributed by atoms with Crippen LogP contribution in [0, 0.1) is 0 Å². The van der Waals surface area contributed by atoms with Gasteiger partial charge in [-0.25, -0.2) is 4.79 Å². The van der Waals surface area contributed by atoms with E-state index in [1.54, 1.807) is 54.4 Å². The Morgan fingerprint density at radius 3 is 1.79 bits per heavy atom. The van der Waals surface area contributed by atoms with Crippen LogP contribution in [-0.4, -0.2) is 88.4 Å². The van der Waals surface area contributed by atoms with Crippen molar-refractivity contribution in [1.82, 2.24) is 20.0 Å². The largest absolute Gasteiger partial charge is 0.467 e. The van der Waals surface area contributed by atoms with Gasteiger partial charge in [-0.2, -0.15) is 0 Å². The summed E-state index contributed by atoms with van der Waals surface area (Å²) < 4.78 is 4.80. The number of allylic oxidation sites excluding steroid dienone is 2. The third-order valence-electron chi connectivity index (χ3n) is 11.1. The molecule has 0 spiro atoms. The molecule has 17 nitrogen and oxygen atoms in total. The second-order valence-electron chi connectivity index (χ2n) is 15.2. The zero-order chi connectivity index (χ0) is 44.7. The van der Waals surface area contributed by atoms with Crippen LogP contribution in [0.4, 0.5) is 17.1 Å². The number of methoxy groups -OCH3 is 1. The Kier molecular flexibility index (Phi) is 14.2. The third-order valence-corrected chi connectivity index (χ3v) is 11.1. The molecule has 6 amide bonds. The molecular formula is C44H53N9O8. The van der Waals surface area contributed by atoms with Crippen molar-refractivity contribution in [1.29, 1.82) is 0 Å². The molecule has 61 heavy (non-hydrogen) atoms. The lowest BCUT2D eigenvalue weighted by Crippen LogP contribution is -2.52. The predicted molar refractivity (Wildman–Crippen MR) is 229 cm³/mol. The molecule has 0 radical (unpaired) electrons. The maximum Gasteiger partial charge on any atom is 0.328 e. The number of nitrogens with two attached hydrogens (primary N) is 4. The number of benzene rings is 3. The third kappa shape index (κ3) is 9.83. The van der Waals surface area contributed by atoms with Gasteiger partial charge in [0.2, 0.25) is 17.7 Å². The van der Waals surface area contributed by atoms with E-state index in [2.05, 4.69) is 23.8 Å². The SMILES string of the molecule is C=C(C)CCC(C(N)=O)N1Cc2c(N)cccc2C1=O.C=C(N)CCC(C(=O)OC)N1Cc2c(N)cccc2C1=O.CNc1cccc2c1CN(C1CCC(=O)NC1=O)C2=O. The second-order valence-corrected chi connectivity index (χ2v) is 15.2. The van der Waals surface area contributed by atoms with Crippen molar-refractivity contribution in [2.24, 2.45) is 11.5 Å². The Balaban J connectivity index is 0.000000173. The van der Waals surface area contributed by atoms with Crippen LogP contribution >= 0.6 is 0 Å². The molecule has 4 aliphatic rings. The van der Waals surface area contributed by atoms with Gasteiger partial charge in [-0.3, -0.25) is 34.1 Å². The zero-order valence-electron chi connectivity index (χ0n) is 34.6. The molecule has 17 heteroatoms. The number of nitrogen functional groups attached to an aromatic ring is 2. The maximum atomic E-state index is 12.5. The minimum Gasteiger partial charge on any atom is -0.467 e. The smallest absolute Gasteiger partial charge is 0.328 e. The molecule has 3 atom stereocenters. The molecule has 0 aliphatic carbocycles. The van der Waals surface area contributed by atoms with E-state index in [1.807, 2.05) is 19.1 Å². The number of esters is 1. The van der Waals surface area contributed by atoms with Gasteiger partial charge in [-0.05, 0) is 75.4 Å². The summed E-state index contributed by atoms with van der Waals surface area (Å²) in [4.78, 5) is 88.5. The second kappa shape index (κ2) is 19.3. The van der Waals surface area contributed by atoms with Crippen LogP contribution in [0.2, 0.25) is 0 Å². The molecule has 0 saturated carbocycles. The van der Waals surface area contributed by atoms with Gasteiger partial charge in [-0.15, -0.1) is 6.58 Å². The Labute approximate surface area is 354 Å². The Hall–Kier alpha value is -7.17. The van der Waals surface area contributed by atoms with E-state index in [4.69, 9.17) is 27.7 Å². The predicted octanol–water partition coefficient (Wildman–Crippen LogP) is 2.94. The number of anilines is 3. The van der Waals surface area contributed by atoms with E-state index in [1.165, 1.54) is 16.9 Å². The molecule has 3 unspecified atom stereocenters. The van der Waals surface area contributed by atoms with Crippen LogP contribution in [0.1, 0.15) is 93.2 Å². The minimum atomic E-state index is -0.686. The summed E-state index contributed by atoms with van der Waals surface area (Å²) in [7, 11) is 3.10. The molecule has 1 saturated heterocycles. The first-order valence-electron chi connectivity index (χ1n) is 19.7. The van der Waals surface area contributed by atoms with Gasteiger partial charge in [0, 0.05) is 89.2 Å². The standard InChI is InChI=1S/C15H19N3O3.C15H19N3O2.C14H15N3O3/c1-9(16)6-7-13(15(20)21-2)18-8-11-10(14(18)19)4-3-5-12(11)17;1-9(2)6-7-13(14(17)19)18-8-11-10(15(18)20)4-3-5-12(11)16;1-15-10-4-2-3-8-9(10)7-17(14(8)20)11-5-6-12(18)16-13(11)19/h3-5,13H,1,6-8,16-17H2,2H3;3-5,13H,1,6-8,16H2,2H3,(H2,17,19);2-4,11,15H,5-7H2,1H3,(H,16,18,19). The van der Waals surface area contributed by atoms with Crippen LogP contribution in [0.3, 0.4) is 0 Å². The number of carbonyl (C=O) groups is 7. The monoisotopic (exact) mass is 835 g/mol. The lowest BCUT2D eigenvalue weighted by atomic mass is 10.0. The molecule has 7 rings (SSSR count). The number of hydrogen-bond acceptors (Lipinski definition) is 12. The lowest BCUT2D eigenvalue weighted by molar-refractivity contribution is -0.146. The number of nitrogens with zero attached hydrogens (tertiary/aromatic N) is 3. The molecule has 10 N–H and O–H groups in total. The van der Waals surface area contributed by atoms with Crippen molar-refractivity contribution in [3.8, 4) is 0 Å². The molecular weight excluding hydrogens is 783 g/mol. The Bertz CT molecular complexity index is 2290. The van der Waals surface area contributed by atoms with Crippen LogP contribution in [0.5, 0.6) is 0 Å². The van der Waals surface area contributed by atoms with Crippen molar-refractivity contribution in [3.05, 3.63) is 112 Å². The normalized spacial score (nSPS) is 17.1. The first-order valence-corrected chi connectivity index (χ1v) is 19.7. The summed E-state index contributed by atoms with van der Waals surface area (Å²) in [6, 6.07) is 14.0. The topological polar surface area (TPSA) is 267 Å². The Morgan fingerprint density at radius 1 is 0.787 bits per heavy atom. The molecule has 3 aromatic rings. The lowest BCUT2D eigenvalue weighted by Gasteiger charge is -2.29. The van der Waals surface area contributed by atoms with Crippen LogP contribution < -0.4 is 33.6 Å². The average Bonchev–Trinajstić information content (AvgIpc) is 3.86. The molecule has 0 aromatic heterocycles. The zero-order valence-corrected chi connectivity index (χ0v) is 34.6. The van der Waals surface area contributed by atoms with Crippen molar-refractivity contribution in [2.75, 3.05) is 30.9 Å². The highest BCUT2D eigenvalue weighted by Crippen LogP contribution is 2.33. The number of piperidine rings is 1. The maximum absolute atomic E-state index is 12.5. The van der Waals surface area contributed by atoms with E-state index < -0.39 is 30.0 Å². The number of imide groups is 1. The molecule has 1 fully saturated rings. The number of rotatable bonds is 12. The molecule has 4 heterocycles. The van der Waals surface area contributed by atoms with Crippen LogP contribution in [0.25, 0.3) is 0 Å². The van der Waals surface area contributed by atoms with E-state index >= 15 is 0 Å². The van der Waals surface area contributed by atoms with Gasteiger partial charge in [0.15, 0.2) is 0 Å². The number of primary amides is 1. The number of ether oxygens (including phenoxy) is 1. The highest BCUT2D eigenvalue weighted by Gasteiger charge is 2.41. The minimum absolute atomic E-state index is 0.147.